The standard InChI is InChI=1S/C7H10.C6H10O2/c1-4-2-6-5(1)7(6)3-4;1-4(2)5(3)6(7)8/h4-7H,1-3H2;4H,3H2,1-2H3,(H,7,8). The number of hydrogen-bond acceptors (Lipinski definition) is 1. The number of aliphatic carboxylic acids is 1. The van der Waals surface area contributed by atoms with E-state index < -0.39 is 5.97 Å². The molecular weight excluding hydrogens is 188 g/mol. The third-order valence-electron chi connectivity index (χ3n) is 4.30. The van der Waals surface area contributed by atoms with Crippen molar-refractivity contribution < 1.29 is 9.90 Å². The predicted molar refractivity (Wildman–Crippen MR) is 59.4 cm³/mol. The summed E-state index contributed by atoms with van der Waals surface area (Å²) in [5, 5.41) is 8.25. The second-order valence-electron chi connectivity index (χ2n) is 5.55. The van der Waals surface area contributed by atoms with Crippen LogP contribution in [0.4, 0.5) is 0 Å². The molecule has 4 aliphatic rings. The Morgan fingerprint density at radius 2 is 1.60 bits per heavy atom. The first-order chi connectivity index (χ1) is 7.00. The zero-order valence-electron chi connectivity index (χ0n) is 9.57. The lowest BCUT2D eigenvalue weighted by Crippen LogP contribution is -2.04. The van der Waals surface area contributed by atoms with Crippen molar-refractivity contribution in [2.24, 2.45) is 29.6 Å². The highest BCUT2D eigenvalue weighted by molar-refractivity contribution is 5.86. The first-order valence-electron chi connectivity index (χ1n) is 5.92. The van der Waals surface area contributed by atoms with Crippen LogP contribution in [0, 0.1) is 29.6 Å². The molecule has 4 fully saturated rings. The first-order valence-corrected chi connectivity index (χ1v) is 5.92. The van der Waals surface area contributed by atoms with E-state index in [0.29, 0.717) is 0 Å². The van der Waals surface area contributed by atoms with Crippen molar-refractivity contribution in [3.63, 3.8) is 0 Å². The molecule has 15 heavy (non-hydrogen) atoms. The van der Waals surface area contributed by atoms with Crippen molar-refractivity contribution in [1.82, 2.24) is 0 Å². The second kappa shape index (κ2) is 3.66. The largest absolute Gasteiger partial charge is 0.478 e. The third kappa shape index (κ3) is 1.95. The normalized spacial score (nSPS) is 38.6. The van der Waals surface area contributed by atoms with Crippen LogP contribution in [0.15, 0.2) is 12.2 Å². The lowest BCUT2D eigenvalue weighted by atomic mass is 10.1. The van der Waals surface area contributed by atoms with Gasteiger partial charge in [-0.2, -0.15) is 0 Å². The Morgan fingerprint density at radius 1 is 1.20 bits per heavy atom. The van der Waals surface area contributed by atoms with Gasteiger partial charge in [-0.25, -0.2) is 4.79 Å². The van der Waals surface area contributed by atoms with E-state index in [2.05, 4.69) is 6.58 Å². The fourth-order valence-electron chi connectivity index (χ4n) is 3.26. The molecule has 0 aromatic rings. The number of carboxylic acid groups (broad SMARTS) is 1. The summed E-state index contributed by atoms with van der Waals surface area (Å²) in [4.78, 5) is 10.0. The van der Waals surface area contributed by atoms with E-state index in [1.165, 1.54) is 23.7 Å². The molecule has 4 bridgehead atoms. The fraction of sp³-hybridized carbons (Fsp3) is 0.769. The molecule has 4 rings (SSSR count). The molecular formula is C13H20O2. The number of hydrogen-bond donors (Lipinski definition) is 1. The highest BCUT2D eigenvalue weighted by Crippen LogP contribution is 2.70. The van der Waals surface area contributed by atoms with Crippen LogP contribution in [0.1, 0.15) is 33.1 Å². The molecule has 2 heteroatoms. The lowest BCUT2D eigenvalue weighted by Gasteiger charge is -2.00. The quantitative estimate of drug-likeness (QED) is 0.708. The number of carbonyl (C=O) groups is 1. The van der Waals surface area contributed by atoms with Gasteiger partial charge < -0.3 is 5.11 Å². The van der Waals surface area contributed by atoms with E-state index >= 15 is 0 Å². The van der Waals surface area contributed by atoms with Gasteiger partial charge in [-0.1, -0.05) is 20.4 Å². The van der Waals surface area contributed by atoms with E-state index in [0.717, 1.165) is 0 Å². The average Bonchev–Trinajstić information content (AvgIpc) is 2.70. The van der Waals surface area contributed by atoms with Crippen LogP contribution in [-0.2, 0) is 4.79 Å². The fourth-order valence-corrected chi connectivity index (χ4v) is 3.26. The summed E-state index contributed by atoms with van der Waals surface area (Å²) in [6.07, 6.45) is 4.86. The van der Waals surface area contributed by atoms with Crippen LogP contribution < -0.4 is 0 Å². The van der Waals surface area contributed by atoms with Crippen LogP contribution in [0.3, 0.4) is 0 Å². The number of rotatable bonds is 2. The van der Waals surface area contributed by atoms with Gasteiger partial charge >= 0.3 is 5.97 Å². The summed E-state index contributed by atoms with van der Waals surface area (Å²) < 4.78 is 0. The van der Waals surface area contributed by atoms with E-state index in [4.69, 9.17) is 5.11 Å². The smallest absolute Gasteiger partial charge is 0.331 e. The van der Waals surface area contributed by atoms with Gasteiger partial charge in [0.05, 0.1) is 0 Å². The summed E-state index contributed by atoms with van der Waals surface area (Å²) in [5.74, 6) is 4.12. The summed E-state index contributed by atoms with van der Waals surface area (Å²) in [5.41, 5.74) is 0.269. The molecule has 0 unspecified atom stereocenters. The van der Waals surface area contributed by atoms with Crippen molar-refractivity contribution in [1.29, 1.82) is 0 Å². The predicted octanol–water partition coefficient (Wildman–Crippen LogP) is 2.95. The van der Waals surface area contributed by atoms with Gasteiger partial charge in [-0.15, -0.1) is 0 Å². The van der Waals surface area contributed by atoms with Crippen molar-refractivity contribution in [2.75, 3.05) is 0 Å². The molecule has 0 spiro atoms. The van der Waals surface area contributed by atoms with Gasteiger partial charge in [0.2, 0.25) is 0 Å². The monoisotopic (exact) mass is 208 g/mol. The average molecular weight is 208 g/mol. The Hall–Kier alpha value is -0.790. The van der Waals surface area contributed by atoms with Crippen LogP contribution in [-0.4, -0.2) is 11.1 Å². The SMILES string of the molecule is C1C2CC3C1C3C2.C=C(C(=O)O)C(C)C. The maximum Gasteiger partial charge on any atom is 0.331 e. The highest BCUT2D eigenvalue weighted by Gasteiger charge is 2.62. The summed E-state index contributed by atoms with van der Waals surface area (Å²) in [7, 11) is 0. The van der Waals surface area contributed by atoms with Crippen molar-refractivity contribution in [2.45, 2.75) is 33.1 Å². The van der Waals surface area contributed by atoms with Gasteiger partial charge in [-0.3, -0.25) is 0 Å². The van der Waals surface area contributed by atoms with Gasteiger partial charge in [0.1, 0.15) is 0 Å². The molecule has 84 valence electrons. The minimum Gasteiger partial charge on any atom is -0.478 e. The molecule has 0 radical (unpaired) electrons. The molecule has 4 saturated carbocycles. The Balaban J connectivity index is 0.000000113. The van der Waals surface area contributed by atoms with E-state index in [-0.39, 0.29) is 11.5 Å². The third-order valence-corrected chi connectivity index (χ3v) is 4.30. The van der Waals surface area contributed by atoms with Crippen molar-refractivity contribution in [3.8, 4) is 0 Å². The van der Waals surface area contributed by atoms with E-state index in [9.17, 15) is 4.79 Å². The van der Waals surface area contributed by atoms with E-state index in [1.54, 1.807) is 33.1 Å². The van der Waals surface area contributed by atoms with Crippen LogP contribution in [0.2, 0.25) is 0 Å². The minimum atomic E-state index is -0.903. The molecule has 4 aliphatic carbocycles. The van der Waals surface area contributed by atoms with E-state index in [1.807, 2.05) is 0 Å². The van der Waals surface area contributed by atoms with Gasteiger partial charge in [0.25, 0.3) is 0 Å². The van der Waals surface area contributed by atoms with Crippen LogP contribution in [0.5, 0.6) is 0 Å². The molecule has 0 aromatic carbocycles. The topological polar surface area (TPSA) is 37.3 Å². The Kier molecular flexibility index (Phi) is 2.61. The first kappa shape index (κ1) is 10.7. The Labute approximate surface area is 91.4 Å². The molecule has 0 heterocycles. The van der Waals surface area contributed by atoms with Crippen LogP contribution in [0.25, 0.3) is 0 Å². The molecule has 0 aliphatic heterocycles. The lowest BCUT2D eigenvalue weighted by molar-refractivity contribution is -0.133. The molecule has 0 aromatic heterocycles. The zero-order chi connectivity index (χ0) is 11.2. The van der Waals surface area contributed by atoms with Crippen LogP contribution >= 0.6 is 0 Å². The molecule has 1 N–H and O–H groups in total. The summed E-state index contributed by atoms with van der Waals surface area (Å²) in [6.45, 7) is 6.96. The molecule has 0 amide bonds. The highest BCUT2D eigenvalue weighted by atomic mass is 16.4. The molecule has 2 nitrogen and oxygen atoms in total. The van der Waals surface area contributed by atoms with Gasteiger partial charge in [-0.05, 0) is 48.9 Å². The molecule has 0 atom stereocenters. The minimum absolute atomic E-state index is 0.0486. The summed E-state index contributed by atoms with van der Waals surface area (Å²) in [6, 6.07) is 0. The maximum absolute atomic E-state index is 10.0. The Morgan fingerprint density at radius 3 is 1.67 bits per heavy atom. The van der Waals surface area contributed by atoms with Gasteiger partial charge in [0.15, 0.2) is 0 Å². The van der Waals surface area contributed by atoms with Crippen molar-refractivity contribution >= 4 is 5.97 Å². The molecule has 0 saturated heterocycles. The summed E-state index contributed by atoms with van der Waals surface area (Å²) >= 11 is 0. The van der Waals surface area contributed by atoms with Gasteiger partial charge in [0, 0.05) is 5.57 Å². The second-order valence-corrected chi connectivity index (χ2v) is 5.55. The van der Waals surface area contributed by atoms with Crippen molar-refractivity contribution in [3.05, 3.63) is 12.2 Å². The zero-order valence-corrected chi connectivity index (χ0v) is 9.57. The number of carboxylic acids is 1. The maximum atomic E-state index is 10.0. The Bertz CT molecular complexity index is 263.